The second-order valence-electron chi connectivity index (χ2n) is 5.96. The minimum absolute atomic E-state index is 0.0436. The normalized spacial score (nSPS) is 23.5. The predicted molar refractivity (Wildman–Crippen MR) is 89.7 cm³/mol. The molecule has 7 nitrogen and oxygen atoms in total. The molecule has 0 radical (unpaired) electrons. The van der Waals surface area contributed by atoms with Crippen LogP contribution in [0.4, 0.5) is 0 Å². The molecule has 2 rings (SSSR count). The number of sulfonamides is 1. The van der Waals surface area contributed by atoms with Gasteiger partial charge in [0.2, 0.25) is 10.0 Å². The summed E-state index contributed by atoms with van der Waals surface area (Å²) >= 11 is 5.98. The van der Waals surface area contributed by atoms with Gasteiger partial charge in [-0.05, 0) is 31.5 Å². The fourth-order valence-electron chi connectivity index (χ4n) is 2.98. The monoisotopic (exact) mass is 395 g/mol. The van der Waals surface area contributed by atoms with E-state index < -0.39 is 31.4 Å². The molecule has 134 valence electrons. The second kappa shape index (κ2) is 6.29. The van der Waals surface area contributed by atoms with E-state index >= 15 is 0 Å². The third-order valence-corrected chi connectivity index (χ3v) is 8.62. The maximum atomic E-state index is 13.0. The van der Waals surface area contributed by atoms with Crippen molar-refractivity contribution in [2.75, 3.05) is 18.1 Å². The zero-order valence-corrected chi connectivity index (χ0v) is 15.6. The molecule has 1 atom stereocenters. The van der Waals surface area contributed by atoms with Gasteiger partial charge < -0.3 is 5.11 Å². The molecule has 0 aliphatic carbocycles. The summed E-state index contributed by atoms with van der Waals surface area (Å²) in [6.07, 6.45) is 0.179. The van der Waals surface area contributed by atoms with Crippen LogP contribution in [0.5, 0.6) is 0 Å². The van der Waals surface area contributed by atoms with E-state index in [2.05, 4.69) is 0 Å². The van der Waals surface area contributed by atoms with Crippen molar-refractivity contribution >= 4 is 37.4 Å². The zero-order chi connectivity index (χ0) is 18.3. The lowest BCUT2D eigenvalue weighted by molar-refractivity contribution is 0.0696. The smallest absolute Gasteiger partial charge is 0.335 e. The van der Waals surface area contributed by atoms with E-state index in [9.17, 15) is 21.6 Å². The molecule has 10 heteroatoms. The number of carbonyl (C=O) groups is 1. The molecule has 1 aliphatic rings. The Hall–Kier alpha value is -1.16. The van der Waals surface area contributed by atoms with Gasteiger partial charge in [0.15, 0.2) is 9.84 Å². The first-order chi connectivity index (χ1) is 10.9. The quantitative estimate of drug-likeness (QED) is 0.811. The lowest BCUT2D eigenvalue weighted by Gasteiger charge is -2.35. The molecular weight excluding hydrogens is 378 g/mol. The van der Waals surface area contributed by atoms with Crippen molar-refractivity contribution in [3.8, 4) is 0 Å². The molecule has 1 heterocycles. The van der Waals surface area contributed by atoms with Crippen LogP contribution in [0.25, 0.3) is 0 Å². The Bertz CT molecular complexity index is 881. The van der Waals surface area contributed by atoms with Crippen LogP contribution in [-0.4, -0.2) is 55.8 Å². The number of hydrogen-bond donors (Lipinski definition) is 1. The van der Waals surface area contributed by atoms with Gasteiger partial charge >= 0.3 is 5.97 Å². The van der Waals surface area contributed by atoms with Gasteiger partial charge in [0.25, 0.3) is 0 Å². The number of nitrogens with zero attached hydrogens (tertiary/aromatic N) is 1. The van der Waals surface area contributed by atoms with Crippen molar-refractivity contribution < 1.29 is 26.7 Å². The average Bonchev–Trinajstić information content (AvgIpc) is 2.73. The molecule has 0 saturated carbocycles. The van der Waals surface area contributed by atoms with Gasteiger partial charge in [0.05, 0.1) is 22.1 Å². The highest BCUT2D eigenvalue weighted by Crippen LogP contribution is 2.35. The van der Waals surface area contributed by atoms with Crippen LogP contribution in [0.1, 0.15) is 30.6 Å². The molecule has 1 saturated heterocycles. The van der Waals surface area contributed by atoms with E-state index in [4.69, 9.17) is 16.7 Å². The molecule has 1 fully saturated rings. The number of rotatable bonds is 5. The second-order valence-corrected chi connectivity index (χ2v) is 10.4. The van der Waals surface area contributed by atoms with E-state index in [1.807, 2.05) is 0 Å². The summed E-state index contributed by atoms with van der Waals surface area (Å²) in [5.41, 5.74) is -1.30. The van der Waals surface area contributed by atoms with E-state index in [-0.39, 0.29) is 40.0 Å². The molecule has 24 heavy (non-hydrogen) atoms. The van der Waals surface area contributed by atoms with Gasteiger partial charge in [-0.1, -0.05) is 18.5 Å². The lowest BCUT2D eigenvalue weighted by Crippen LogP contribution is -2.50. The molecule has 1 aromatic rings. The molecule has 1 N–H and O–H groups in total. The Balaban J connectivity index is 2.56. The largest absolute Gasteiger partial charge is 0.478 e. The summed E-state index contributed by atoms with van der Waals surface area (Å²) in [7, 11) is -7.47. The molecule has 0 bridgehead atoms. The molecule has 1 aliphatic heterocycles. The number of halogens is 1. The molecule has 0 spiro atoms. The Morgan fingerprint density at radius 2 is 2.04 bits per heavy atom. The first-order valence-electron chi connectivity index (χ1n) is 7.19. The summed E-state index contributed by atoms with van der Waals surface area (Å²) in [5.74, 6) is -1.64. The summed E-state index contributed by atoms with van der Waals surface area (Å²) in [4.78, 5) is 10.8. The predicted octanol–water partition coefficient (Wildman–Crippen LogP) is 1.63. The maximum Gasteiger partial charge on any atom is 0.335 e. The van der Waals surface area contributed by atoms with E-state index in [0.717, 1.165) is 10.4 Å². The van der Waals surface area contributed by atoms with Gasteiger partial charge in [0.1, 0.15) is 4.90 Å². The number of benzene rings is 1. The molecule has 0 aromatic heterocycles. The summed E-state index contributed by atoms with van der Waals surface area (Å²) < 4.78 is 50.8. The van der Waals surface area contributed by atoms with E-state index in [1.165, 1.54) is 12.1 Å². The van der Waals surface area contributed by atoms with E-state index in [0.29, 0.717) is 0 Å². The average molecular weight is 396 g/mol. The minimum atomic E-state index is -4.16. The number of hydrogen-bond acceptors (Lipinski definition) is 5. The highest BCUT2D eigenvalue weighted by molar-refractivity contribution is 7.92. The van der Waals surface area contributed by atoms with Crippen LogP contribution in [0, 0.1) is 0 Å². The third-order valence-electron chi connectivity index (χ3n) is 4.12. The third kappa shape index (κ3) is 3.44. The maximum absolute atomic E-state index is 13.0. The van der Waals surface area contributed by atoms with Crippen LogP contribution in [0.15, 0.2) is 23.1 Å². The summed E-state index contributed by atoms with van der Waals surface area (Å²) in [6, 6.07) is 3.41. The van der Waals surface area contributed by atoms with Crippen molar-refractivity contribution in [3.05, 3.63) is 28.8 Å². The van der Waals surface area contributed by atoms with Crippen LogP contribution in [-0.2, 0) is 19.9 Å². The molecular formula is C14H18ClNO6S2. The Morgan fingerprint density at radius 1 is 1.42 bits per heavy atom. The van der Waals surface area contributed by atoms with Crippen molar-refractivity contribution in [1.82, 2.24) is 4.31 Å². The first kappa shape index (κ1) is 19.2. The highest BCUT2D eigenvalue weighted by Gasteiger charge is 2.47. The Kier molecular flexibility index (Phi) is 5.02. The summed E-state index contributed by atoms with van der Waals surface area (Å²) in [5, 5.41) is 8.95. The van der Waals surface area contributed by atoms with Crippen LogP contribution in [0.3, 0.4) is 0 Å². The standard InChI is InChI=1S/C14H18ClNO6S2/c1-3-16(14(2)6-7-23(19,20)9-14)24(21,22)12-8-10(13(17)18)4-5-11(12)15/h4-5,8H,3,6-7,9H2,1-2H3,(H,17,18)/t14-/m0/s1. The highest BCUT2D eigenvalue weighted by atomic mass is 35.5. The van der Waals surface area contributed by atoms with Crippen LogP contribution < -0.4 is 0 Å². The molecule has 0 unspecified atom stereocenters. The van der Waals surface area contributed by atoms with Gasteiger partial charge in [-0.2, -0.15) is 4.31 Å². The fraction of sp³-hybridized carbons (Fsp3) is 0.500. The number of carboxylic acid groups (broad SMARTS) is 1. The zero-order valence-electron chi connectivity index (χ0n) is 13.2. The fourth-order valence-corrected chi connectivity index (χ4v) is 7.52. The molecule has 0 amide bonds. The van der Waals surface area contributed by atoms with Crippen molar-refractivity contribution in [1.29, 1.82) is 0 Å². The first-order valence-corrected chi connectivity index (χ1v) is 10.8. The van der Waals surface area contributed by atoms with E-state index in [1.54, 1.807) is 13.8 Å². The minimum Gasteiger partial charge on any atom is -0.478 e. The van der Waals surface area contributed by atoms with Gasteiger partial charge in [-0.15, -0.1) is 0 Å². The number of aromatic carboxylic acids is 1. The Labute approximate surface area is 146 Å². The van der Waals surface area contributed by atoms with Crippen molar-refractivity contribution in [2.45, 2.75) is 30.7 Å². The van der Waals surface area contributed by atoms with Gasteiger partial charge in [0, 0.05) is 12.1 Å². The number of carboxylic acids is 1. The number of sulfone groups is 1. The van der Waals surface area contributed by atoms with Crippen LogP contribution >= 0.6 is 11.6 Å². The topological polar surface area (TPSA) is 109 Å². The van der Waals surface area contributed by atoms with Gasteiger partial charge in [-0.3, -0.25) is 0 Å². The van der Waals surface area contributed by atoms with Gasteiger partial charge in [-0.25, -0.2) is 21.6 Å². The molecule has 1 aromatic carbocycles. The van der Waals surface area contributed by atoms with Crippen LogP contribution in [0.2, 0.25) is 5.02 Å². The lowest BCUT2D eigenvalue weighted by atomic mass is 10.0. The Morgan fingerprint density at radius 3 is 2.50 bits per heavy atom. The summed E-state index contributed by atoms with van der Waals surface area (Å²) in [6.45, 7) is 3.22. The SMILES string of the molecule is CCN([C@@]1(C)CCS(=O)(=O)C1)S(=O)(=O)c1cc(C(=O)O)ccc1Cl. The van der Waals surface area contributed by atoms with Crippen molar-refractivity contribution in [3.63, 3.8) is 0 Å². The van der Waals surface area contributed by atoms with Crippen molar-refractivity contribution in [2.24, 2.45) is 0 Å².